The highest BCUT2D eigenvalue weighted by Gasteiger charge is 2.17. The Balaban J connectivity index is 2.00. The Kier molecular flexibility index (Phi) is 3.78. The molecule has 3 heterocycles. The molecule has 0 saturated carbocycles. The van der Waals surface area contributed by atoms with Gasteiger partial charge in [-0.05, 0) is 31.2 Å². The van der Waals surface area contributed by atoms with Crippen molar-refractivity contribution in [2.45, 2.75) is 6.92 Å². The maximum atomic E-state index is 6.39. The zero-order chi connectivity index (χ0) is 17.6. The van der Waals surface area contributed by atoms with Crippen LogP contribution in [0.5, 0.6) is 0 Å². The van der Waals surface area contributed by atoms with Crippen molar-refractivity contribution in [3.05, 3.63) is 58.6 Å². The van der Waals surface area contributed by atoms with Crippen LogP contribution in [0.2, 0.25) is 10.2 Å². The molecule has 2 N–H and O–H groups in total. The summed E-state index contributed by atoms with van der Waals surface area (Å²) in [6.45, 7) is 1.89. The van der Waals surface area contributed by atoms with Crippen LogP contribution in [-0.4, -0.2) is 24.7 Å². The third kappa shape index (κ3) is 2.79. The first-order valence-corrected chi connectivity index (χ1v) is 8.19. The molecule has 0 fully saturated rings. The molecule has 0 aliphatic rings. The second kappa shape index (κ2) is 5.98. The van der Waals surface area contributed by atoms with Gasteiger partial charge in [-0.3, -0.25) is 4.98 Å². The number of rotatable bonds is 2. The van der Waals surface area contributed by atoms with Gasteiger partial charge in [-0.1, -0.05) is 29.3 Å². The molecule has 0 spiro atoms. The largest absolute Gasteiger partial charge is 0.381 e. The van der Waals surface area contributed by atoms with Crippen LogP contribution in [0.25, 0.3) is 28.0 Å². The van der Waals surface area contributed by atoms with E-state index < -0.39 is 0 Å². The molecule has 124 valence electrons. The molecule has 1 aromatic carbocycles. The normalized spacial score (nSPS) is 11.2. The van der Waals surface area contributed by atoms with E-state index in [1.807, 2.05) is 31.2 Å². The van der Waals surface area contributed by atoms with E-state index in [4.69, 9.17) is 28.9 Å². The predicted molar refractivity (Wildman–Crippen MR) is 99.1 cm³/mol. The van der Waals surface area contributed by atoms with Crippen molar-refractivity contribution < 1.29 is 0 Å². The number of anilines is 1. The van der Waals surface area contributed by atoms with Crippen LogP contribution in [0.4, 0.5) is 5.82 Å². The first-order valence-electron chi connectivity index (χ1n) is 7.43. The van der Waals surface area contributed by atoms with Gasteiger partial charge in [0.25, 0.3) is 0 Å². The van der Waals surface area contributed by atoms with Crippen molar-refractivity contribution in [3.63, 3.8) is 0 Å². The summed E-state index contributed by atoms with van der Waals surface area (Å²) in [5.74, 6) is 0.622. The van der Waals surface area contributed by atoms with Gasteiger partial charge in [-0.15, -0.1) is 0 Å². The standard InChI is InChI=1S/C17H12Cl2N6/c1-9-4-6-25(24-9)17-14(22-15(19)16(20)23-17)11-7-10-3-2-5-21-13(10)12(18)8-11/h2-8H,1H3,(H2,20,23). The highest BCUT2D eigenvalue weighted by atomic mass is 35.5. The summed E-state index contributed by atoms with van der Waals surface area (Å²) in [6, 6.07) is 9.37. The van der Waals surface area contributed by atoms with Crippen LogP contribution in [0.3, 0.4) is 0 Å². The summed E-state index contributed by atoms with van der Waals surface area (Å²) < 4.78 is 1.62. The lowest BCUT2D eigenvalue weighted by Gasteiger charge is -2.11. The van der Waals surface area contributed by atoms with Crippen molar-refractivity contribution >= 4 is 39.9 Å². The Morgan fingerprint density at radius 3 is 2.72 bits per heavy atom. The van der Waals surface area contributed by atoms with E-state index in [9.17, 15) is 0 Å². The first kappa shape index (κ1) is 15.8. The second-order valence-corrected chi connectivity index (χ2v) is 6.27. The van der Waals surface area contributed by atoms with E-state index in [-0.39, 0.29) is 11.0 Å². The number of hydrogen-bond acceptors (Lipinski definition) is 5. The number of fused-ring (bicyclic) bond motifs is 1. The molecular weight excluding hydrogens is 359 g/mol. The van der Waals surface area contributed by atoms with Crippen LogP contribution < -0.4 is 5.73 Å². The van der Waals surface area contributed by atoms with Crippen molar-refractivity contribution in [1.82, 2.24) is 24.7 Å². The number of nitrogen functional groups attached to an aromatic ring is 1. The minimum atomic E-state index is 0.130. The summed E-state index contributed by atoms with van der Waals surface area (Å²) in [5.41, 5.74) is 8.71. The van der Waals surface area contributed by atoms with E-state index in [0.717, 1.165) is 22.2 Å². The number of aryl methyl sites for hydroxylation is 1. The molecule has 6 nitrogen and oxygen atoms in total. The van der Waals surface area contributed by atoms with Gasteiger partial charge in [-0.2, -0.15) is 5.10 Å². The molecule has 4 rings (SSSR count). The van der Waals surface area contributed by atoms with E-state index in [2.05, 4.69) is 20.1 Å². The number of benzene rings is 1. The van der Waals surface area contributed by atoms with E-state index in [0.29, 0.717) is 16.5 Å². The average Bonchev–Trinajstić information content (AvgIpc) is 3.03. The molecule has 0 aliphatic heterocycles. The van der Waals surface area contributed by atoms with Gasteiger partial charge in [-0.25, -0.2) is 14.6 Å². The fourth-order valence-corrected chi connectivity index (χ4v) is 2.99. The zero-order valence-electron chi connectivity index (χ0n) is 13.1. The first-order chi connectivity index (χ1) is 12.0. The van der Waals surface area contributed by atoms with Crippen molar-refractivity contribution in [2.24, 2.45) is 0 Å². The molecule has 0 radical (unpaired) electrons. The van der Waals surface area contributed by atoms with Gasteiger partial charge < -0.3 is 5.73 Å². The van der Waals surface area contributed by atoms with Crippen LogP contribution >= 0.6 is 23.2 Å². The maximum absolute atomic E-state index is 6.39. The predicted octanol–water partition coefficient (Wildman–Crippen LogP) is 4.07. The summed E-state index contributed by atoms with van der Waals surface area (Å²) in [7, 11) is 0. The number of aromatic nitrogens is 5. The maximum Gasteiger partial charge on any atom is 0.182 e. The Hall–Kier alpha value is -2.70. The molecule has 0 aliphatic carbocycles. The van der Waals surface area contributed by atoms with Crippen LogP contribution in [0.15, 0.2) is 42.7 Å². The Bertz CT molecular complexity index is 1110. The SMILES string of the molecule is Cc1ccn(-c2nc(N)c(Cl)nc2-c2cc(Cl)c3ncccc3c2)n1. The number of halogens is 2. The summed E-state index contributed by atoms with van der Waals surface area (Å²) >= 11 is 12.5. The summed E-state index contributed by atoms with van der Waals surface area (Å²) in [5, 5.41) is 5.93. The van der Waals surface area contributed by atoms with E-state index >= 15 is 0 Å². The fourth-order valence-electron chi connectivity index (χ4n) is 2.59. The highest BCUT2D eigenvalue weighted by Crippen LogP contribution is 2.32. The Morgan fingerprint density at radius 2 is 1.96 bits per heavy atom. The van der Waals surface area contributed by atoms with Gasteiger partial charge in [0.05, 0.1) is 16.2 Å². The molecule has 0 saturated heterocycles. The van der Waals surface area contributed by atoms with E-state index in [1.54, 1.807) is 23.1 Å². The average molecular weight is 371 g/mol. The lowest BCUT2D eigenvalue weighted by atomic mass is 10.1. The number of hydrogen-bond donors (Lipinski definition) is 1. The van der Waals surface area contributed by atoms with Crippen molar-refractivity contribution in [2.75, 3.05) is 5.73 Å². The topological polar surface area (TPSA) is 82.5 Å². The van der Waals surface area contributed by atoms with Gasteiger partial charge in [0.2, 0.25) is 0 Å². The minimum absolute atomic E-state index is 0.130. The number of nitrogens with two attached hydrogens (primary N) is 1. The van der Waals surface area contributed by atoms with Gasteiger partial charge in [0, 0.05) is 23.3 Å². The number of pyridine rings is 1. The molecule has 3 aromatic heterocycles. The fraction of sp³-hybridized carbons (Fsp3) is 0.0588. The Labute approximate surface area is 153 Å². The lowest BCUT2D eigenvalue weighted by Crippen LogP contribution is -2.07. The molecule has 0 amide bonds. The quantitative estimate of drug-likeness (QED) is 0.574. The summed E-state index contributed by atoms with van der Waals surface area (Å²) in [4.78, 5) is 13.1. The molecular formula is C17H12Cl2N6. The third-order valence-electron chi connectivity index (χ3n) is 3.73. The Morgan fingerprint density at radius 1 is 1.12 bits per heavy atom. The summed E-state index contributed by atoms with van der Waals surface area (Å²) in [6.07, 6.45) is 3.49. The third-order valence-corrected chi connectivity index (χ3v) is 4.30. The van der Waals surface area contributed by atoms with Gasteiger partial charge >= 0.3 is 0 Å². The zero-order valence-corrected chi connectivity index (χ0v) is 14.6. The molecule has 0 unspecified atom stereocenters. The van der Waals surface area contributed by atoms with Crippen LogP contribution in [0.1, 0.15) is 5.69 Å². The smallest absolute Gasteiger partial charge is 0.182 e. The molecule has 0 bridgehead atoms. The molecule has 8 heteroatoms. The van der Waals surface area contributed by atoms with Gasteiger partial charge in [0.1, 0.15) is 5.69 Å². The van der Waals surface area contributed by atoms with Crippen LogP contribution in [-0.2, 0) is 0 Å². The van der Waals surface area contributed by atoms with E-state index in [1.165, 1.54) is 0 Å². The minimum Gasteiger partial charge on any atom is -0.381 e. The van der Waals surface area contributed by atoms with Gasteiger partial charge in [0.15, 0.2) is 16.8 Å². The van der Waals surface area contributed by atoms with Crippen LogP contribution in [0, 0.1) is 6.92 Å². The number of nitrogens with zero attached hydrogens (tertiary/aromatic N) is 5. The van der Waals surface area contributed by atoms with Crippen molar-refractivity contribution in [1.29, 1.82) is 0 Å². The van der Waals surface area contributed by atoms with Crippen molar-refractivity contribution in [3.8, 4) is 17.1 Å². The second-order valence-electron chi connectivity index (χ2n) is 5.51. The molecule has 25 heavy (non-hydrogen) atoms. The molecule has 0 atom stereocenters. The highest BCUT2D eigenvalue weighted by molar-refractivity contribution is 6.35. The lowest BCUT2D eigenvalue weighted by molar-refractivity contribution is 0.829. The monoisotopic (exact) mass is 370 g/mol. The molecule has 4 aromatic rings.